The number of benzene rings is 2. The molecule has 0 amide bonds. The molecule has 1 N–H and O–H groups in total. The van der Waals surface area contributed by atoms with Gasteiger partial charge in [-0.2, -0.15) is 0 Å². The molecule has 1 spiro atoms. The van der Waals surface area contributed by atoms with Gasteiger partial charge in [0.1, 0.15) is 12.7 Å². The maximum absolute atomic E-state index is 12.9. The summed E-state index contributed by atoms with van der Waals surface area (Å²) in [7, 11) is 0. The summed E-state index contributed by atoms with van der Waals surface area (Å²) in [4.78, 5) is 5.40. The van der Waals surface area contributed by atoms with Crippen LogP contribution in [0.25, 0.3) is 0 Å². The van der Waals surface area contributed by atoms with Crippen LogP contribution in [0.15, 0.2) is 42.5 Å². The van der Waals surface area contributed by atoms with Crippen molar-refractivity contribution in [2.75, 3.05) is 26.2 Å². The van der Waals surface area contributed by atoms with E-state index in [-0.39, 0.29) is 17.6 Å². The van der Waals surface area contributed by atoms with Crippen LogP contribution in [0.3, 0.4) is 0 Å². The zero-order valence-corrected chi connectivity index (χ0v) is 22.8. The summed E-state index contributed by atoms with van der Waals surface area (Å²) in [5.74, 6) is 3.41. The summed E-state index contributed by atoms with van der Waals surface area (Å²) in [6, 6.07) is 15.4. The van der Waals surface area contributed by atoms with Gasteiger partial charge in [0.25, 0.3) is 0 Å². The van der Waals surface area contributed by atoms with E-state index in [1.807, 2.05) is 6.07 Å². The highest BCUT2D eigenvalue weighted by atomic mass is 16.5. The predicted molar refractivity (Wildman–Crippen MR) is 148 cm³/mol. The van der Waals surface area contributed by atoms with Crippen LogP contribution in [0.1, 0.15) is 68.6 Å². The molecule has 1 unspecified atom stereocenters. The molecule has 2 saturated carbocycles. The molecular formula is C33H42N2O3. The standard InChI is InChI=1S/C33H42N2O3/c1-2-22-13-16-34(19-22)26-12-14-33(36)28-18-25-10-11-27(37-21-24-6-4-3-5-7-24)30-29(25)32(33,31(26)38-30)15-17-35(28)20-23-8-9-23/h3-7,10-11,22-23,26,28,31,36H,2,8-9,12-21H2,1H3/t22?,26-,28+,31-,32-,33+/m0/s1. The van der Waals surface area contributed by atoms with Crippen LogP contribution in [0, 0.1) is 11.8 Å². The highest BCUT2D eigenvalue weighted by Crippen LogP contribution is 2.66. The third-order valence-corrected chi connectivity index (χ3v) is 11.3. The Morgan fingerprint density at radius 2 is 1.87 bits per heavy atom. The van der Waals surface area contributed by atoms with Crippen molar-refractivity contribution in [3.05, 3.63) is 59.2 Å². The minimum Gasteiger partial charge on any atom is -0.485 e. The Hall–Kier alpha value is -2.08. The molecule has 5 nitrogen and oxygen atoms in total. The van der Waals surface area contributed by atoms with Crippen molar-refractivity contribution >= 4 is 0 Å². The molecule has 4 fully saturated rings. The lowest BCUT2D eigenvalue weighted by Gasteiger charge is -2.65. The average molecular weight is 515 g/mol. The monoisotopic (exact) mass is 514 g/mol. The zero-order valence-electron chi connectivity index (χ0n) is 22.8. The third-order valence-electron chi connectivity index (χ3n) is 11.3. The van der Waals surface area contributed by atoms with E-state index in [0.29, 0.717) is 12.6 Å². The van der Waals surface area contributed by atoms with Gasteiger partial charge in [-0.15, -0.1) is 0 Å². The first-order valence-corrected chi connectivity index (χ1v) is 15.3. The second kappa shape index (κ2) is 8.71. The molecular weight excluding hydrogens is 472 g/mol. The number of nitrogens with zero attached hydrogens (tertiary/aromatic N) is 2. The quantitative estimate of drug-likeness (QED) is 0.568. The molecule has 3 aliphatic heterocycles. The van der Waals surface area contributed by atoms with Crippen LogP contribution in [-0.2, 0) is 18.4 Å². The van der Waals surface area contributed by atoms with E-state index < -0.39 is 5.60 Å². The number of hydrogen-bond donors (Lipinski definition) is 1. The number of piperidine rings is 1. The van der Waals surface area contributed by atoms with Crippen molar-refractivity contribution < 1.29 is 14.6 Å². The largest absolute Gasteiger partial charge is 0.485 e. The molecule has 5 heteroatoms. The molecule has 6 aliphatic rings. The van der Waals surface area contributed by atoms with Gasteiger partial charge >= 0.3 is 0 Å². The van der Waals surface area contributed by atoms with Gasteiger partial charge in [0.2, 0.25) is 0 Å². The first-order chi connectivity index (χ1) is 18.6. The molecule has 202 valence electrons. The summed E-state index contributed by atoms with van der Waals surface area (Å²) in [6.07, 6.45) is 9.07. The molecule has 2 aromatic carbocycles. The van der Waals surface area contributed by atoms with E-state index in [1.165, 1.54) is 43.4 Å². The van der Waals surface area contributed by atoms with Crippen molar-refractivity contribution in [3.8, 4) is 11.5 Å². The van der Waals surface area contributed by atoms with E-state index >= 15 is 0 Å². The average Bonchev–Trinajstić information content (AvgIpc) is 3.49. The van der Waals surface area contributed by atoms with Crippen LogP contribution < -0.4 is 9.47 Å². The number of hydrogen-bond acceptors (Lipinski definition) is 5. The smallest absolute Gasteiger partial charge is 0.166 e. The highest BCUT2D eigenvalue weighted by molar-refractivity contribution is 5.63. The molecule has 2 bridgehead atoms. The Bertz CT molecular complexity index is 1210. The minimum absolute atomic E-state index is 0.00189. The summed E-state index contributed by atoms with van der Waals surface area (Å²) in [6.45, 7) is 7.43. The van der Waals surface area contributed by atoms with Gasteiger partial charge in [0.15, 0.2) is 11.5 Å². The van der Waals surface area contributed by atoms with Crippen LogP contribution >= 0.6 is 0 Å². The van der Waals surface area contributed by atoms with Crippen molar-refractivity contribution in [2.24, 2.45) is 11.8 Å². The highest BCUT2D eigenvalue weighted by Gasteiger charge is 2.73. The lowest BCUT2D eigenvalue weighted by atomic mass is 9.48. The van der Waals surface area contributed by atoms with Crippen LogP contribution in [0.5, 0.6) is 11.5 Å². The minimum atomic E-state index is -0.735. The van der Waals surface area contributed by atoms with Gasteiger partial charge in [-0.3, -0.25) is 9.80 Å². The molecule has 8 rings (SSSR count). The maximum atomic E-state index is 12.9. The Labute approximate surface area is 227 Å². The van der Waals surface area contributed by atoms with E-state index in [9.17, 15) is 5.11 Å². The summed E-state index contributed by atoms with van der Waals surface area (Å²) in [5, 5.41) is 12.9. The molecule has 6 atom stereocenters. The molecule has 2 aromatic rings. The fourth-order valence-corrected chi connectivity index (χ4v) is 9.16. The van der Waals surface area contributed by atoms with Crippen LogP contribution in [0.2, 0.25) is 0 Å². The lowest BCUT2D eigenvalue weighted by molar-refractivity contribution is -0.199. The topological polar surface area (TPSA) is 45.2 Å². The first-order valence-electron chi connectivity index (χ1n) is 15.3. The van der Waals surface area contributed by atoms with Crippen molar-refractivity contribution in [3.63, 3.8) is 0 Å². The van der Waals surface area contributed by atoms with Gasteiger partial charge in [-0.05, 0) is 87.1 Å². The fourth-order valence-electron chi connectivity index (χ4n) is 9.16. The maximum Gasteiger partial charge on any atom is 0.166 e. The zero-order chi connectivity index (χ0) is 25.5. The lowest BCUT2D eigenvalue weighted by Crippen LogP contribution is -2.78. The normalized spacial score (nSPS) is 37.6. The number of rotatable bonds is 7. The Morgan fingerprint density at radius 3 is 2.66 bits per heavy atom. The molecule has 0 aromatic heterocycles. The molecule has 0 radical (unpaired) electrons. The van der Waals surface area contributed by atoms with Gasteiger partial charge in [0, 0.05) is 30.7 Å². The molecule has 3 aliphatic carbocycles. The van der Waals surface area contributed by atoms with E-state index in [0.717, 1.165) is 74.2 Å². The van der Waals surface area contributed by atoms with Gasteiger partial charge in [-0.1, -0.05) is 49.7 Å². The summed E-state index contributed by atoms with van der Waals surface area (Å²) in [5.41, 5.74) is 2.78. The second-order valence-corrected chi connectivity index (χ2v) is 13.2. The number of aliphatic hydroxyl groups is 1. The SMILES string of the molecule is CCC1CCN([C@H]2CC[C@@]3(O)[C@H]4Cc5ccc(OCc6ccccc6)c6c5[C@@]3(CCN4CC3CC3)[C@H]2O6)C1. The van der Waals surface area contributed by atoms with E-state index in [4.69, 9.17) is 9.47 Å². The van der Waals surface area contributed by atoms with Crippen molar-refractivity contribution in [2.45, 2.75) is 94.1 Å². The van der Waals surface area contributed by atoms with Gasteiger partial charge in [0.05, 0.1) is 11.0 Å². The third kappa shape index (κ3) is 3.34. The fraction of sp³-hybridized carbons (Fsp3) is 0.636. The molecule has 3 heterocycles. The number of likely N-dealkylation sites (tertiary alicyclic amines) is 2. The van der Waals surface area contributed by atoms with Crippen molar-refractivity contribution in [1.29, 1.82) is 0 Å². The van der Waals surface area contributed by atoms with Crippen LogP contribution in [-0.4, -0.2) is 64.9 Å². The summed E-state index contributed by atoms with van der Waals surface area (Å²) >= 11 is 0. The first kappa shape index (κ1) is 23.8. The van der Waals surface area contributed by atoms with E-state index in [1.54, 1.807) is 0 Å². The Kier molecular flexibility index (Phi) is 5.45. The van der Waals surface area contributed by atoms with Crippen molar-refractivity contribution in [1.82, 2.24) is 9.80 Å². The summed E-state index contributed by atoms with van der Waals surface area (Å²) < 4.78 is 13.6. The molecule has 2 saturated heterocycles. The number of ether oxygens (including phenoxy) is 2. The van der Waals surface area contributed by atoms with E-state index in [2.05, 4.69) is 53.1 Å². The van der Waals surface area contributed by atoms with Gasteiger partial charge < -0.3 is 14.6 Å². The van der Waals surface area contributed by atoms with Gasteiger partial charge in [-0.25, -0.2) is 0 Å². The molecule has 38 heavy (non-hydrogen) atoms. The second-order valence-electron chi connectivity index (χ2n) is 13.2. The Morgan fingerprint density at radius 1 is 1.00 bits per heavy atom. The van der Waals surface area contributed by atoms with Crippen LogP contribution in [0.4, 0.5) is 0 Å². The Balaban J connectivity index is 1.21. The predicted octanol–water partition coefficient (Wildman–Crippen LogP) is 4.93.